The van der Waals surface area contributed by atoms with Crippen LogP contribution >= 0.6 is 0 Å². The number of aryl methyl sites for hydroxylation is 9. The van der Waals surface area contributed by atoms with E-state index >= 15 is 0 Å². The van der Waals surface area contributed by atoms with E-state index in [9.17, 15) is 0 Å². The molecule has 0 aromatic heterocycles. The van der Waals surface area contributed by atoms with E-state index in [0.29, 0.717) is 0 Å². The van der Waals surface area contributed by atoms with Crippen LogP contribution in [0.1, 0.15) is 55.6 Å². The van der Waals surface area contributed by atoms with Gasteiger partial charge in [-0.1, -0.05) is 92.2 Å². The Kier molecular flexibility index (Phi) is 6.28. The molecule has 0 aliphatic heterocycles. The minimum atomic E-state index is 0.0614. The second-order valence-corrected chi connectivity index (χ2v) is 9.10. The minimum absolute atomic E-state index is 0.0614. The molecule has 30 heavy (non-hydrogen) atoms. The van der Waals surface area contributed by atoms with Crippen LogP contribution in [-0.2, 0) is 0 Å². The molecule has 0 N–H and O–H groups in total. The van der Waals surface area contributed by atoms with Crippen LogP contribution in [-0.4, -0.2) is 6.71 Å². The first kappa shape index (κ1) is 22.0. The fraction of sp³-hybridized carbons (Fsp3) is 0.310. The SMILES string of the molecule is Cc1cc(C)c(C#CB(c2c(C)cc(C)cc2C)c2c(C)cc(C)cc2C)c(C)c1. The van der Waals surface area contributed by atoms with Crippen molar-refractivity contribution in [2.75, 3.05) is 0 Å². The van der Waals surface area contributed by atoms with E-state index in [0.717, 1.165) is 5.56 Å². The third-order valence-corrected chi connectivity index (χ3v) is 6.07. The van der Waals surface area contributed by atoms with Gasteiger partial charge in [-0.25, -0.2) is 0 Å². The van der Waals surface area contributed by atoms with Crippen LogP contribution < -0.4 is 10.9 Å². The molecule has 152 valence electrons. The third-order valence-electron chi connectivity index (χ3n) is 6.07. The lowest BCUT2D eigenvalue weighted by atomic mass is 9.38. The maximum Gasteiger partial charge on any atom is 0.297 e. The van der Waals surface area contributed by atoms with Crippen molar-refractivity contribution in [3.05, 3.63) is 92.0 Å². The molecule has 3 aromatic carbocycles. The van der Waals surface area contributed by atoms with E-state index in [1.54, 1.807) is 0 Å². The first-order valence-corrected chi connectivity index (χ1v) is 10.8. The van der Waals surface area contributed by atoms with Gasteiger partial charge in [-0.15, -0.1) is 5.82 Å². The average molecular weight is 392 g/mol. The lowest BCUT2D eigenvalue weighted by Crippen LogP contribution is -2.46. The van der Waals surface area contributed by atoms with E-state index < -0.39 is 0 Å². The Morgan fingerprint density at radius 1 is 0.467 bits per heavy atom. The maximum absolute atomic E-state index is 3.72. The quantitative estimate of drug-likeness (QED) is 0.390. The van der Waals surface area contributed by atoms with E-state index in [1.165, 1.54) is 61.0 Å². The van der Waals surface area contributed by atoms with Crippen molar-refractivity contribution in [3.63, 3.8) is 0 Å². The van der Waals surface area contributed by atoms with Crippen LogP contribution in [0.5, 0.6) is 0 Å². The van der Waals surface area contributed by atoms with Crippen molar-refractivity contribution in [1.29, 1.82) is 0 Å². The molecular formula is C29H33B. The molecule has 0 saturated carbocycles. The number of hydrogen-bond donors (Lipinski definition) is 0. The van der Waals surface area contributed by atoms with Crippen molar-refractivity contribution in [1.82, 2.24) is 0 Å². The van der Waals surface area contributed by atoms with Gasteiger partial charge in [-0.2, -0.15) is 0 Å². The van der Waals surface area contributed by atoms with Gasteiger partial charge in [0.15, 0.2) is 0 Å². The zero-order valence-electron chi connectivity index (χ0n) is 20.0. The predicted molar refractivity (Wildman–Crippen MR) is 134 cm³/mol. The van der Waals surface area contributed by atoms with Crippen LogP contribution in [0.4, 0.5) is 0 Å². The maximum atomic E-state index is 3.72. The summed E-state index contributed by atoms with van der Waals surface area (Å²) in [7, 11) is 0. The molecule has 0 unspecified atom stereocenters. The molecule has 0 spiro atoms. The van der Waals surface area contributed by atoms with Gasteiger partial charge in [0.2, 0.25) is 0 Å². The Balaban J connectivity index is 2.29. The highest BCUT2D eigenvalue weighted by Crippen LogP contribution is 2.16. The Morgan fingerprint density at radius 2 is 0.767 bits per heavy atom. The zero-order chi connectivity index (χ0) is 22.2. The van der Waals surface area contributed by atoms with Crippen molar-refractivity contribution >= 4 is 17.6 Å². The number of hydrogen-bond acceptors (Lipinski definition) is 0. The fourth-order valence-corrected chi connectivity index (χ4v) is 5.10. The van der Waals surface area contributed by atoms with Crippen molar-refractivity contribution in [3.8, 4) is 11.7 Å². The molecule has 0 fully saturated rings. The number of benzene rings is 3. The van der Waals surface area contributed by atoms with Gasteiger partial charge in [0.05, 0.1) is 0 Å². The molecule has 0 saturated heterocycles. The van der Waals surface area contributed by atoms with Crippen LogP contribution in [0.2, 0.25) is 0 Å². The molecule has 0 heterocycles. The summed E-state index contributed by atoms with van der Waals surface area (Å²) in [6.45, 7) is 19.8. The van der Waals surface area contributed by atoms with Crippen molar-refractivity contribution in [2.24, 2.45) is 0 Å². The fourth-order valence-electron chi connectivity index (χ4n) is 5.10. The molecule has 3 rings (SSSR count). The summed E-state index contributed by atoms with van der Waals surface area (Å²) < 4.78 is 0. The molecule has 0 aliphatic carbocycles. The van der Waals surface area contributed by atoms with Gasteiger partial charge in [0, 0.05) is 5.56 Å². The van der Waals surface area contributed by atoms with Gasteiger partial charge in [0.1, 0.15) is 0 Å². The third kappa shape index (κ3) is 4.39. The first-order chi connectivity index (χ1) is 14.1. The molecule has 1 heteroatoms. The standard InChI is InChI=1S/C29H33B/c1-18-12-21(4)27(22(5)13-18)10-11-30(28-23(6)14-19(2)15-24(28)7)29-25(8)16-20(3)17-26(29)9/h12-17H,1-9H3. The first-order valence-electron chi connectivity index (χ1n) is 10.8. The molecule has 0 amide bonds. The zero-order valence-corrected chi connectivity index (χ0v) is 20.0. The van der Waals surface area contributed by atoms with Gasteiger partial charge in [-0.3, -0.25) is 0 Å². The highest BCUT2D eigenvalue weighted by atomic mass is 14.1. The molecule has 0 radical (unpaired) electrons. The highest BCUT2D eigenvalue weighted by Gasteiger charge is 2.25. The Bertz CT molecular complexity index is 1060. The lowest BCUT2D eigenvalue weighted by molar-refractivity contribution is 1.30. The lowest BCUT2D eigenvalue weighted by Gasteiger charge is -2.20. The average Bonchev–Trinajstić information content (AvgIpc) is 2.58. The van der Waals surface area contributed by atoms with E-state index in [1.807, 2.05) is 0 Å². The van der Waals surface area contributed by atoms with Crippen LogP contribution in [0, 0.1) is 74.1 Å². The van der Waals surface area contributed by atoms with Crippen LogP contribution in [0.15, 0.2) is 36.4 Å². The molecular weight excluding hydrogens is 359 g/mol. The molecule has 0 bridgehead atoms. The van der Waals surface area contributed by atoms with E-state index in [4.69, 9.17) is 0 Å². The van der Waals surface area contributed by atoms with Gasteiger partial charge in [-0.05, 0) is 73.4 Å². The monoisotopic (exact) mass is 392 g/mol. The largest absolute Gasteiger partial charge is 0.297 e. The van der Waals surface area contributed by atoms with Crippen molar-refractivity contribution < 1.29 is 0 Å². The summed E-state index contributed by atoms with van der Waals surface area (Å²) in [4.78, 5) is 0. The molecule has 0 atom stereocenters. The second kappa shape index (κ2) is 8.57. The topological polar surface area (TPSA) is 0 Å². The van der Waals surface area contributed by atoms with E-state index in [2.05, 4.69) is 110 Å². The Labute approximate surface area is 183 Å². The summed E-state index contributed by atoms with van der Waals surface area (Å²) in [5.41, 5.74) is 15.6. The Morgan fingerprint density at radius 3 is 1.10 bits per heavy atom. The summed E-state index contributed by atoms with van der Waals surface area (Å²) in [6.07, 6.45) is 0. The van der Waals surface area contributed by atoms with Crippen LogP contribution in [0.3, 0.4) is 0 Å². The Hall–Kier alpha value is -2.72. The molecule has 0 nitrogen and oxygen atoms in total. The normalized spacial score (nSPS) is 10.6. The summed E-state index contributed by atoms with van der Waals surface area (Å²) in [6, 6.07) is 13.6. The van der Waals surface area contributed by atoms with Crippen LogP contribution in [0.25, 0.3) is 0 Å². The smallest absolute Gasteiger partial charge is 0.137 e. The van der Waals surface area contributed by atoms with E-state index in [-0.39, 0.29) is 6.71 Å². The highest BCUT2D eigenvalue weighted by molar-refractivity contribution is 6.92. The summed E-state index contributed by atoms with van der Waals surface area (Å²) in [5, 5.41) is 0. The minimum Gasteiger partial charge on any atom is -0.137 e. The van der Waals surface area contributed by atoms with Crippen molar-refractivity contribution in [2.45, 2.75) is 62.3 Å². The van der Waals surface area contributed by atoms with Gasteiger partial charge >= 0.3 is 0 Å². The predicted octanol–water partition coefficient (Wildman–Crippen LogP) is 5.66. The second-order valence-electron chi connectivity index (χ2n) is 9.10. The molecule has 3 aromatic rings. The number of rotatable bonds is 2. The molecule has 0 aliphatic rings. The van der Waals surface area contributed by atoms with Gasteiger partial charge in [0.25, 0.3) is 6.71 Å². The summed E-state index contributed by atoms with van der Waals surface area (Å²) in [5.74, 6) is 7.32. The summed E-state index contributed by atoms with van der Waals surface area (Å²) >= 11 is 0. The van der Waals surface area contributed by atoms with Gasteiger partial charge < -0.3 is 0 Å².